The first-order chi connectivity index (χ1) is 7.46. The lowest BCUT2D eigenvalue weighted by Crippen LogP contribution is -2.45. The number of pyridine rings is 1. The molecule has 0 aliphatic rings. The maximum Gasteiger partial charge on any atom is 0.341 e. The summed E-state index contributed by atoms with van der Waals surface area (Å²) in [6.07, 6.45) is 1.33. The van der Waals surface area contributed by atoms with Crippen LogP contribution in [-0.2, 0) is 5.54 Å². The maximum atomic E-state index is 11.7. The van der Waals surface area contributed by atoms with Crippen molar-refractivity contribution in [2.45, 2.75) is 12.5 Å². The molecule has 1 aromatic rings. The third-order valence-corrected chi connectivity index (χ3v) is 2.44. The van der Waals surface area contributed by atoms with E-state index in [-0.39, 0.29) is 0 Å². The Balaban J connectivity index is 3.42. The van der Waals surface area contributed by atoms with Crippen molar-refractivity contribution in [1.82, 2.24) is 4.57 Å². The van der Waals surface area contributed by atoms with E-state index in [1.165, 1.54) is 25.3 Å². The number of rotatable bonds is 4. The zero-order valence-corrected chi connectivity index (χ0v) is 8.75. The zero-order chi connectivity index (χ0) is 12.3. The Kier molecular flexibility index (Phi) is 3.46. The van der Waals surface area contributed by atoms with Crippen LogP contribution in [0.15, 0.2) is 23.1 Å². The first-order valence-corrected chi connectivity index (χ1v) is 4.63. The summed E-state index contributed by atoms with van der Waals surface area (Å²) in [7, 11) is 0. The van der Waals surface area contributed by atoms with Crippen LogP contribution < -0.4 is 5.56 Å². The van der Waals surface area contributed by atoms with Crippen LogP contribution in [0.4, 0.5) is 0 Å². The molecule has 3 N–H and O–H groups in total. The summed E-state index contributed by atoms with van der Waals surface area (Å²) < 4.78 is 1.02. The third kappa shape index (κ3) is 1.98. The fraction of sp³-hybridized carbons (Fsp3) is 0.400. The lowest BCUT2D eigenvalue weighted by atomic mass is 10.0. The number of carbonyl (C=O) groups is 1. The molecule has 0 unspecified atom stereocenters. The number of aliphatic hydroxyl groups excluding tert-OH is 2. The van der Waals surface area contributed by atoms with Crippen molar-refractivity contribution in [3.63, 3.8) is 0 Å². The molecule has 0 aliphatic heterocycles. The summed E-state index contributed by atoms with van der Waals surface area (Å²) in [4.78, 5) is 22.5. The van der Waals surface area contributed by atoms with Gasteiger partial charge in [0.2, 0.25) is 0 Å². The second-order valence-corrected chi connectivity index (χ2v) is 3.72. The van der Waals surface area contributed by atoms with Gasteiger partial charge in [-0.3, -0.25) is 4.79 Å². The smallest absolute Gasteiger partial charge is 0.341 e. The molecule has 0 saturated heterocycles. The van der Waals surface area contributed by atoms with E-state index < -0.39 is 35.8 Å². The minimum absolute atomic E-state index is 0.393. The fourth-order valence-electron chi connectivity index (χ4n) is 1.28. The first-order valence-electron chi connectivity index (χ1n) is 4.63. The van der Waals surface area contributed by atoms with Crippen LogP contribution in [0.1, 0.15) is 17.3 Å². The van der Waals surface area contributed by atoms with Gasteiger partial charge in [-0.1, -0.05) is 0 Å². The standard InChI is InChI=1S/C10H13NO5/c1-10(5-12,6-13)11-4-2-3-7(8(11)14)9(15)16/h2-4,12-13H,5-6H2,1H3,(H,15,16). The van der Waals surface area contributed by atoms with E-state index in [2.05, 4.69) is 0 Å². The Morgan fingerprint density at radius 3 is 2.44 bits per heavy atom. The molecule has 1 aromatic heterocycles. The Labute approximate surface area is 91.4 Å². The van der Waals surface area contributed by atoms with E-state index in [1.54, 1.807) is 0 Å². The van der Waals surface area contributed by atoms with Crippen molar-refractivity contribution in [2.24, 2.45) is 0 Å². The molecule has 0 radical (unpaired) electrons. The minimum Gasteiger partial charge on any atom is -0.477 e. The number of aliphatic hydroxyl groups is 2. The molecule has 0 bridgehead atoms. The van der Waals surface area contributed by atoms with Gasteiger partial charge < -0.3 is 19.9 Å². The number of carboxylic acid groups (broad SMARTS) is 1. The third-order valence-electron chi connectivity index (χ3n) is 2.44. The van der Waals surface area contributed by atoms with Crippen LogP contribution in [-0.4, -0.2) is 39.1 Å². The molecular weight excluding hydrogens is 214 g/mol. The normalized spacial score (nSPS) is 11.4. The molecule has 16 heavy (non-hydrogen) atoms. The highest BCUT2D eigenvalue weighted by atomic mass is 16.4. The van der Waals surface area contributed by atoms with E-state index in [0.717, 1.165) is 4.57 Å². The lowest BCUT2D eigenvalue weighted by molar-refractivity contribution is 0.0666. The summed E-state index contributed by atoms with van der Waals surface area (Å²) in [5.41, 5.74) is -2.35. The topological polar surface area (TPSA) is 99.8 Å². The zero-order valence-electron chi connectivity index (χ0n) is 8.75. The highest BCUT2D eigenvalue weighted by Crippen LogP contribution is 2.11. The SMILES string of the molecule is CC(CO)(CO)n1cccc(C(=O)O)c1=O. The molecule has 0 fully saturated rings. The molecule has 1 rings (SSSR count). The van der Waals surface area contributed by atoms with Gasteiger partial charge in [-0.2, -0.15) is 0 Å². The van der Waals surface area contributed by atoms with Gasteiger partial charge in [-0.15, -0.1) is 0 Å². The molecule has 6 nitrogen and oxygen atoms in total. The molecular formula is C10H13NO5. The Hall–Kier alpha value is -1.66. The highest BCUT2D eigenvalue weighted by molar-refractivity contribution is 5.86. The summed E-state index contributed by atoms with van der Waals surface area (Å²) >= 11 is 0. The van der Waals surface area contributed by atoms with Crippen molar-refractivity contribution in [1.29, 1.82) is 0 Å². The summed E-state index contributed by atoms with van der Waals surface area (Å²) in [6.45, 7) is 0.527. The number of nitrogens with zero attached hydrogens (tertiary/aromatic N) is 1. The van der Waals surface area contributed by atoms with Gasteiger partial charge in [0.1, 0.15) is 5.56 Å². The molecule has 0 spiro atoms. The molecule has 0 atom stereocenters. The fourth-order valence-corrected chi connectivity index (χ4v) is 1.28. The minimum atomic E-state index is -1.34. The number of aromatic nitrogens is 1. The molecule has 0 aliphatic carbocycles. The van der Waals surface area contributed by atoms with Gasteiger partial charge in [0, 0.05) is 6.20 Å². The predicted molar refractivity (Wildman–Crippen MR) is 55.5 cm³/mol. The Morgan fingerprint density at radius 1 is 1.44 bits per heavy atom. The number of aromatic carboxylic acids is 1. The van der Waals surface area contributed by atoms with Crippen molar-refractivity contribution in [3.05, 3.63) is 34.2 Å². The van der Waals surface area contributed by atoms with E-state index in [9.17, 15) is 9.59 Å². The molecule has 1 heterocycles. The van der Waals surface area contributed by atoms with Gasteiger partial charge in [-0.25, -0.2) is 4.79 Å². The van der Waals surface area contributed by atoms with Crippen LogP contribution in [0.25, 0.3) is 0 Å². The predicted octanol–water partition coefficient (Wildman–Crippen LogP) is -0.754. The quantitative estimate of drug-likeness (QED) is 0.628. The van der Waals surface area contributed by atoms with Crippen LogP contribution in [0, 0.1) is 0 Å². The summed E-state index contributed by atoms with van der Waals surface area (Å²) in [6, 6.07) is 2.56. The van der Waals surface area contributed by atoms with E-state index in [0.29, 0.717) is 0 Å². The van der Waals surface area contributed by atoms with Gasteiger partial charge in [-0.05, 0) is 19.1 Å². The molecule has 6 heteroatoms. The van der Waals surface area contributed by atoms with Crippen molar-refractivity contribution in [2.75, 3.05) is 13.2 Å². The van der Waals surface area contributed by atoms with Gasteiger partial charge in [0.05, 0.1) is 18.8 Å². The van der Waals surface area contributed by atoms with Crippen molar-refractivity contribution >= 4 is 5.97 Å². The Morgan fingerprint density at radius 2 is 2.00 bits per heavy atom. The molecule has 0 saturated carbocycles. The lowest BCUT2D eigenvalue weighted by Gasteiger charge is -2.27. The average Bonchev–Trinajstić information content (AvgIpc) is 2.28. The molecule has 0 amide bonds. The van der Waals surface area contributed by atoms with E-state index >= 15 is 0 Å². The maximum absolute atomic E-state index is 11.7. The van der Waals surface area contributed by atoms with Gasteiger partial charge in [0.25, 0.3) is 5.56 Å². The van der Waals surface area contributed by atoms with Crippen molar-refractivity contribution in [3.8, 4) is 0 Å². The van der Waals surface area contributed by atoms with Crippen LogP contribution in [0.2, 0.25) is 0 Å². The monoisotopic (exact) mass is 227 g/mol. The molecule has 88 valence electrons. The Bertz CT molecular complexity index is 447. The van der Waals surface area contributed by atoms with Crippen LogP contribution in [0.5, 0.6) is 0 Å². The van der Waals surface area contributed by atoms with Gasteiger partial charge >= 0.3 is 5.97 Å². The first kappa shape index (κ1) is 12.4. The van der Waals surface area contributed by atoms with Gasteiger partial charge in [0.15, 0.2) is 0 Å². The van der Waals surface area contributed by atoms with E-state index in [1.807, 2.05) is 0 Å². The highest BCUT2D eigenvalue weighted by Gasteiger charge is 2.27. The van der Waals surface area contributed by atoms with E-state index in [4.69, 9.17) is 15.3 Å². The number of hydrogen-bond donors (Lipinski definition) is 3. The van der Waals surface area contributed by atoms with Crippen molar-refractivity contribution < 1.29 is 20.1 Å². The number of hydrogen-bond acceptors (Lipinski definition) is 4. The summed E-state index contributed by atoms with van der Waals surface area (Å²) in [5, 5.41) is 27.0. The number of carboxylic acids is 1. The van der Waals surface area contributed by atoms with Crippen LogP contribution >= 0.6 is 0 Å². The second-order valence-electron chi connectivity index (χ2n) is 3.72. The second kappa shape index (κ2) is 4.46. The summed E-state index contributed by atoms with van der Waals surface area (Å²) in [5.74, 6) is -1.34. The molecule has 0 aromatic carbocycles. The largest absolute Gasteiger partial charge is 0.477 e. The average molecular weight is 227 g/mol. The van der Waals surface area contributed by atoms with Crippen LogP contribution in [0.3, 0.4) is 0 Å².